The monoisotopic (exact) mass is 462 g/mol. The second kappa shape index (κ2) is 5.12. The zero-order valence-electron chi connectivity index (χ0n) is 9.99. The predicted molar refractivity (Wildman–Crippen MR) is 89.2 cm³/mol. The summed E-state index contributed by atoms with van der Waals surface area (Å²) in [6.45, 7) is 0. The number of pyridine rings is 1. The maximum absolute atomic E-state index is 12.8. The van der Waals surface area contributed by atoms with Gasteiger partial charge in [0.05, 0.1) is 18.6 Å². The fourth-order valence-electron chi connectivity index (χ4n) is 1.99. The van der Waals surface area contributed by atoms with Crippen LogP contribution in [0.25, 0.3) is 10.9 Å². The summed E-state index contributed by atoms with van der Waals surface area (Å²) in [6.07, 6.45) is 3.24. The Hall–Kier alpha value is -0.930. The molecule has 0 bridgehead atoms. The van der Waals surface area contributed by atoms with Crippen LogP contribution in [0.3, 0.4) is 0 Å². The molecule has 0 spiro atoms. The average Bonchev–Trinajstić information content (AvgIpc) is 2.78. The smallest absolute Gasteiger partial charge is 0.263 e. The molecular formula is C13H8BrIN2O2S. The van der Waals surface area contributed by atoms with E-state index >= 15 is 0 Å². The van der Waals surface area contributed by atoms with Gasteiger partial charge in [0.1, 0.15) is 0 Å². The molecule has 7 heteroatoms. The molecule has 1 aromatic carbocycles. The Kier molecular flexibility index (Phi) is 3.59. The van der Waals surface area contributed by atoms with Gasteiger partial charge in [0.15, 0.2) is 0 Å². The molecule has 3 aromatic rings. The third kappa shape index (κ3) is 2.17. The van der Waals surface area contributed by atoms with Gasteiger partial charge in [-0.3, -0.25) is 4.98 Å². The summed E-state index contributed by atoms with van der Waals surface area (Å²) in [5.74, 6) is 0. The molecule has 0 saturated carbocycles. The molecular weight excluding hydrogens is 455 g/mol. The molecule has 4 nitrogen and oxygen atoms in total. The van der Waals surface area contributed by atoms with Crippen LogP contribution in [0.2, 0.25) is 0 Å². The minimum absolute atomic E-state index is 0.263. The Bertz CT molecular complexity index is 891. The highest BCUT2D eigenvalue weighted by Crippen LogP contribution is 2.30. The van der Waals surface area contributed by atoms with Gasteiger partial charge in [-0.2, -0.15) is 0 Å². The fraction of sp³-hybridized carbons (Fsp3) is 0. The average molecular weight is 463 g/mol. The van der Waals surface area contributed by atoms with E-state index in [0.29, 0.717) is 13.7 Å². The SMILES string of the molecule is O=S(=O)(c1ccccc1)n1c(I)cc2cncc(Br)c21. The van der Waals surface area contributed by atoms with Gasteiger partial charge in [0.2, 0.25) is 0 Å². The molecule has 0 N–H and O–H groups in total. The van der Waals surface area contributed by atoms with Crippen LogP contribution < -0.4 is 0 Å². The lowest BCUT2D eigenvalue weighted by Gasteiger charge is -2.09. The Morgan fingerprint density at radius 2 is 1.85 bits per heavy atom. The van der Waals surface area contributed by atoms with E-state index in [2.05, 4.69) is 20.9 Å². The van der Waals surface area contributed by atoms with E-state index in [9.17, 15) is 8.42 Å². The van der Waals surface area contributed by atoms with Crippen molar-refractivity contribution in [2.24, 2.45) is 0 Å². The van der Waals surface area contributed by atoms with Crippen LogP contribution in [0, 0.1) is 3.70 Å². The number of hydrogen-bond donors (Lipinski definition) is 0. The van der Waals surface area contributed by atoms with E-state index in [0.717, 1.165) is 5.39 Å². The summed E-state index contributed by atoms with van der Waals surface area (Å²) in [4.78, 5) is 4.33. The summed E-state index contributed by atoms with van der Waals surface area (Å²) in [5, 5.41) is 0.781. The normalized spacial score (nSPS) is 11.9. The van der Waals surface area contributed by atoms with E-state index < -0.39 is 10.0 Å². The zero-order valence-corrected chi connectivity index (χ0v) is 14.6. The Balaban J connectivity index is 2.38. The summed E-state index contributed by atoms with van der Waals surface area (Å²) in [5.41, 5.74) is 0.605. The molecule has 0 saturated heterocycles. The first-order valence-electron chi connectivity index (χ1n) is 5.63. The third-order valence-corrected chi connectivity index (χ3v) is 6.28. The Labute approximate surface area is 138 Å². The van der Waals surface area contributed by atoms with Gasteiger partial charge in [0, 0.05) is 17.8 Å². The molecule has 20 heavy (non-hydrogen) atoms. The largest absolute Gasteiger partial charge is 0.269 e. The number of nitrogens with zero attached hydrogens (tertiary/aromatic N) is 2. The minimum Gasteiger partial charge on any atom is -0.263 e. The van der Waals surface area contributed by atoms with Crippen molar-refractivity contribution in [1.29, 1.82) is 0 Å². The number of halogens is 2. The van der Waals surface area contributed by atoms with Crippen molar-refractivity contribution in [1.82, 2.24) is 8.96 Å². The summed E-state index contributed by atoms with van der Waals surface area (Å²) < 4.78 is 28.2. The fourth-order valence-corrected chi connectivity index (χ4v) is 5.42. The molecule has 2 heterocycles. The lowest BCUT2D eigenvalue weighted by atomic mass is 10.3. The van der Waals surface area contributed by atoms with Gasteiger partial charge < -0.3 is 0 Å². The predicted octanol–water partition coefficient (Wildman–Crippen LogP) is 3.64. The summed E-state index contributed by atoms with van der Waals surface area (Å²) in [7, 11) is -3.62. The molecule has 0 aliphatic carbocycles. The Morgan fingerprint density at radius 3 is 2.55 bits per heavy atom. The molecule has 2 aromatic heterocycles. The van der Waals surface area contributed by atoms with Crippen molar-refractivity contribution < 1.29 is 8.42 Å². The molecule has 3 rings (SSSR count). The van der Waals surface area contributed by atoms with Crippen molar-refractivity contribution in [2.75, 3.05) is 0 Å². The quantitative estimate of drug-likeness (QED) is 0.546. The van der Waals surface area contributed by atoms with Crippen molar-refractivity contribution in [3.8, 4) is 0 Å². The maximum Gasteiger partial charge on any atom is 0.269 e. The molecule has 0 radical (unpaired) electrons. The van der Waals surface area contributed by atoms with Gasteiger partial charge >= 0.3 is 0 Å². The van der Waals surface area contributed by atoms with E-state index in [1.807, 2.05) is 22.6 Å². The van der Waals surface area contributed by atoms with Crippen molar-refractivity contribution in [2.45, 2.75) is 4.90 Å². The zero-order chi connectivity index (χ0) is 14.3. The molecule has 0 fully saturated rings. The van der Waals surface area contributed by atoms with E-state index in [4.69, 9.17) is 0 Å². The van der Waals surface area contributed by atoms with E-state index in [1.54, 1.807) is 48.8 Å². The van der Waals surface area contributed by atoms with E-state index in [1.165, 1.54) is 3.97 Å². The van der Waals surface area contributed by atoms with Crippen molar-refractivity contribution in [3.63, 3.8) is 0 Å². The van der Waals surface area contributed by atoms with Crippen LogP contribution in [0.1, 0.15) is 0 Å². The topological polar surface area (TPSA) is 52.0 Å². The number of hydrogen-bond acceptors (Lipinski definition) is 3. The van der Waals surface area contributed by atoms with Gasteiger partial charge in [-0.05, 0) is 56.7 Å². The molecule has 102 valence electrons. The van der Waals surface area contributed by atoms with Crippen LogP contribution in [0.4, 0.5) is 0 Å². The summed E-state index contributed by atoms with van der Waals surface area (Å²) >= 11 is 5.39. The molecule has 0 amide bonds. The Morgan fingerprint density at radius 1 is 1.15 bits per heavy atom. The first kappa shape index (κ1) is 14.0. The number of rotatable bonds is 2. The lowest BCUT2D eigenvalue weighted by molar-refractivity contribution is 0.588. The molecule has 0 atom stereocenters. The lowest BCUT2D eigenvalue weighted by Crippen LogP contribution is -2.14. The van der Waals surface area contributed by atoms with Gasteiger partial charge in [-0.15, -0.1) is 0 Å². The van der Waals surface area contributed by atoms with E-state index in [-0.39, 0.29) is 4.90 Å². The highest BCUT2D eigenvalue weighted by atomic mass is 127. The number of fused-ring (bicyclic) bond motifs is 1. The number of aromatic nitrogens is 2. The second-order valence-electron chi connectivity index (χ2n) is 4.11. The van der Waals surface area contributed by atoms with Crippen LogP contribution in [-0.4, -0.2) is 17.4 Å². The van der Waals surface area contributed by atoms with Crippen molar-refractivity contribution >= 4 is 59.4 Å². The standard InChI is InChI=1S/C13H8BrIN2O2S/c14-11-8-16-7-9-6-12(15)17(13(9)11)20(18,19)10-4-2-1-3-5-10/h1-8H. The van der Waals surface area contributed by atoms with Crippen LogP contribution in [-0.2, 0) is 10.0 Å². The minimum atomic E-state index is -3.62. The van der Waals surface area contributed by atoms with Gasteiger partial charge in [0.25, 0.3) is 10.0 Å². The van der Waals surface area contributed by atoms with Gasteiger partial charge in [-0.1, -0.05) is 18.2 Å². The molecule has 0 aliphatic rings. The number of benzene rings is 1. The first-order valence-corrected chi connectivity index (χ1v) is 8.94. The first-order chi connectivity index (χ1) is 9.51. The van der Waals surface area contributed by atoms with Crippen LogP contribution in [0.15, 0.2) is 58.2 Å². The van der Waals surface area contributed by atoms with Crippen LogP contribution in [0.5, 0.6) is 0 Å². The summed E-state index contributed by atoms with van der Waals surface area (Å²) in [6, 6.07) is 10.2. The van der Waals surface area contributed by atoms with Gasteiger partial charge in [-0.25, -0.2) is 12.4 Å². The second-order valence-corrected chi connectivity index (χ2v) is 7.85. The molecule has 0 unspecified atom stereocenters. The highest BCUT2D eigenvalue weighted by molar-refractivity contribution is 14.1. The van der Waals surface area contributed by atoms with Crippen molar-refractivity contribution in [3.05, 3.63) is 57.0 Å². The molecule has 0 aliphatic heterocycles. The maximum atomic E-state index is 12.8. The van der Waals surface area contributed by atoms with Crippen LogP contribution >= 0.6 is 38.5 Å². The highest BCUT2D eigenvalue weighted by Gasteiger charge is 2.23. The third-order valence-electron chi connectivity index (χ3n) is 2.85.